The average Bonchev–Trinajstić information content (AvgIpc) is 2.91. The Kier molecular flexibility index (Phi) is 15.4. The molecule has 0 aromatic heterocycles. The van der Waals surface area contributed by atoms with E-state index in [-0.39, 0.29) is 6.15 Å². The number of rotatable bonds is 6. The SMILES string of the molecule is C1CC1.CCO[SiH](OCC)OCC.N. The molecule has 1 aliphatic carbocycles. The van der Waals surface area contributed by atoms with Gasteiger partial charge < -0.3 is 19.4 Å². The molecule has 0 heterocycles. The summed E-state index contributed by atoms with van der Waals surface area (Å²) in [7, 11) is -1.73. The lowest BCUT2D eigenvalue weighted by Crippen LogP contribution is -2.27. The Labute approximate surface area is 89.5 Å². The first kappa shape index (κ1) is 16.5. The molecule has 0 aromatic carbocycles. The van der Waals surface area contributed by atoms with E-state index in [0.29, 0.717) is 19.8 Å². The highest BCUT2D eigenvalue weighted by Gasteiger charge is 2.11. The van der Waals surface area contributed by atoms with Gasteiger partial charge in [-0.05, 0) is 20.8 Å². The predicted octanol–water partition coefficient (Wildman–Crippen LogP) is 2.15. The molecule has 5 heteroatoms. The summed E-state index contributed by atoms with van der Waals surface area (Å²) in [6.45, 7) is 7.86. The first-order valence-corrected chi connectivity index (χ1v) is 6.61. The Hall–Kier alpha value is 0.0569. The molecule has 0 bridgehead atoms. The van der Waals surface area contributed by atoms with Crippen molar-refractivity contribution >= 4 is 9.53 Å². The van der Waals surface area contributed by atoms with E-state index in [1.165, 1.54) is 19.3 Å². The summed E-state index contributed by atoms with van der Waals surface area (Å²) in [6, 6.07) is 0. The highest BCUT2D eigenvalue weighted by atomic mass is 28.3. The van der Waals surface area contributed by atoms with Crippen LogP contribution in [0.3, 0.4) is 0 Å². The van der Waals surface area contributed by atoms with Gasteiger partial charge in [-0.1, -0.05) is 19.3 Å². The monoisotopic (exact) mass is 223 g/mol. The molecule has 0 aromatic rings. The second-order valence-corrected chi connectivity index (χ2v) is 4.29. The molecule has 1 rings (SSSR count). The first-order valence-electron chi connectivity index (χ1n) is 5.19. The summed E-state index contributed by atoms with van der Waals surface area (Å²) in [4.78, 5) is 0. The predicted molar refractivity (Wildman–Crippen MR) is 60.9 cm³/mol. The van der Waals surface area contributed by atoms with Gasteiger partial charge in [0.2, 0.25) is 0 Å². The van der Waals surface area contributed by atoms with Gasteiger partial charge in [0.15, 0.2) is 0 Å². The minimum absolute atomic E-state index is 0. The van der Waals surface area contributed by atoms with Crippen LogP contribution >= 0.6 is 0 Å². The van der Waals surface area contributed by atoms with Gasteiger partial charge in [-0.15, -0.1) is 0 Å². The maximum atomic E-state index is 5.22. The molecular formula is C9H25NO3Si. The van der Waals surface area contributed by atoms with E-state index < -0.39 is 9.53 Å². The summed E-state index contributed by atoms with van der Waals surface area (Å²) >= 11 is 0. The standard InChI is InChI=1S/C6H16O3Si.C3H6.H3N/c1-4-7-10(8-5-2)9-6-3;1-2-3-1;/h10H,4-6H2,1-3H3;1-3H2;1H3. The highest BCUT2D eigenvalue weighted by Crippen LogP contribution is 2.14. The Bertz CT molecular complexity index is 87.0. The van der Waals surface area contributed by atoms with Crippen LogP contribution < -0.4 is 6.15 Å². The van der Waals surface area contributed by atoms with Crippen molar-refractivity contribution in [2.75, 3.05) is 19.8 Å². The first-order chi connectivity index (χ1) is 6.35. The molecule has 0 radical (unpaired) electrons. The molecule has 1 aliphatic rings. The summed E-state index contributed by atoms with van der Waals surface area (Å²) in [5.41, 5.74) is 0. The summed E-state index contributed by atoms with van der Waals surface area (Å²) in [5.74, 6) is 0. The molecule has 0 aliphatic heterocycles. The van der Waals surface area contributed by atoms with Crippen LogP contribution in [0.2, 0.25) is 0 Å². The Morgan fingerprint density at radius 1 is 0.786 bits per heavy atom. The topological polar surface area (TPSA) is 62.7 Å². The van der Waals surface area contributed by atoms with Crippen LogP contribution in [-0.2, 0) is 13.3 Å². The fraction of sp³-hybridized carbons (Fsp3) is 1.00. The molecule has 0 unspecified atom stereocenters. The van der Waals surface area contributed by atoms with Crippen molar-refractivity contribution in [2.24, 2.45) is 0 Å². The van der Waals surface area contributed by atoms with E-state index in [4.69, 9.17) is 13.3 Å². The fourth-order valence-corrected chi connectivity index (χ4v) is 1.66. The lowest BCUT2D eigenvalue weighted by Gasteiger charge is -2.12. The van der Waals surface area contributed by atoms with Crippen molar-refractivity contribution in [1.29, 1.82) is 0 Å². The molecule has 3 N–H and O–H groups in total. The molecular weight excluding hydrogens is 198 g/mol. The van der Waals surface area contributed by atoms with Crippen LogP contribution in [0.5, 0.6) is 0 Å². The molecule has 4 nitrogen and oxygen atoms in total. The fourth-order valence-electron chi connectivity index (χ4n) is 0.553. The van der Waals surface area contributed by atoms with E-state index >= 15 is 0 Å². The molecule has 1 saturated carbocycles. The Morgan fingerprint density at radius 3 is 1.21 bits per heavy atom. The largest absolute Gasteiger partial charge is 0.484 e. The van der Waals surface area contributed by atoms with Gasteiger partial charge in [-0.3, -0.25) is 0 Å². The van der Waals surface area contributed by atoms with Gasteiger partial charge in [0, 0.05) is 19.8 Å². The van der Waals surface area contributed by atoms with E-state index in [1.807, 2.05) is 20.8 Å². The van der Waals surface area contributed by atoms with Gasteiger partial charge in [-0.2, -0.15) is 0 Å². The van der Waals surface area contributed by atoms with Gasteiger partial charge in [0.1, 0.15) is 0 Å². The lowest BCUT2D eigenvalue weighted by atomic mass is 10.9. The van der Waals surface area contributed by atoms with Crippen LogP contribution in [0.15, 0.2) is 0 Å². The van der Waals surface area contributed by atoms with Crippen molar-refractivity contribution in [2.45, 2.75) is 40.0 Å². The van der Waals surface area contributed by atoms with Gasteiger partial charge >= 0.3 is 9.53 Å². The third-order valence-electron chi connectivity index (χ3n) is 1.26. The number of hydrogen-bond donors (Lipinski definition) is 1. The maximum Gasteiger partial charge on any atom is 0.484 e. The zero-order valence-corrected chi connectivity index (χ0v) is 10.9. The minimum Gasteiger partial charge on any atom is -0.376 e. The van der Waals surface area contributed by atoms with Crippen LogP contribution in [0.1, 0.15) is 40.0 Å². The van der Waals surface area contributed by atoms with E-state index in [0.717, 1.165) is 0 Å². The quantitative estimate of drug-likeness (QED) is 0.701. The third-order valence-corrected chi connectivity index (χ3v) is 3.08. The zero-order chi connectivity index (χ0) is 9.94. The van der Waals surface area contributed by atoms with Gasteiger partial charge in [-0.25, -0.2) is 0 Å². The smallest absolute Gasteiger partial charge is 0.376 e. The normalized spacial score (nSPS) is 12.9. The van der Waals surface area contributed by atoms with Crippen molar-refractivity contribution in [3.05, 3.63) is 0 Å². The van der Waals surface area contributed by atoms with Crippen LogP contribution in [0.25, 0.3) is 0 Å². The highest BCUT2D eigenvalue weighted by molar-refractivity contribution is 6.36. The third kappa shape index (κ3) is 14.6. The second-order valence-electron chi connectivity index (χ2n) is 2.72. The molecule has 14 heavy (non-hydrogen) atoms. The Balaban J connectivity index is 0. The van der Waals surface area contributed by atoms with Gasteiger partial charge in [0.05, 0.1) is 0 Å². The molecule has 0 saturated heterocycles. The second kappa shape index (κ2) is 13.1. The van der Waals surface area contributed by atoms with Crippen LogP contribution in [0.4, 0.5) is 0 Å². The Morgan fingerprint density at radius 2 is 1.07 bits per heavy atom. The summed E-state index contributed by atoms with van der Waals surface area (Å²) < 4.78 is 15.7. The van der Waals surface area contributed by atoms with Gasteiger partial charge in [0.25, 0.3) is 0 Å². The summed E-state index contributed by atoms with van der Waals surface area (Å²) in [6.07, 6.45) is 4.50. The van der Waals surface area contributed by atoms with Crippen LogP contribution in [-0.4, -0.2) is 29.3 Å². The van der Waals surface area contributed by atoms with Crippen molar-refractivity contribution < 1.29 is 13.3 Å². The minimum atomic E-state index is -1.73. The summed E-state index contributed by atoms with van der Waals surface area (Å²) in [5, 5.41) is 0. The average molecular weight is 223 g/mol. The van der Waals surface area contributed by atoms with E-state index in [1.54, 1.807) is 0 Å². The lowest BCUT2D eigenvalue weighted by molar-refractivity contribution is 0.107. The van der Waals surface area contributed by atoms with Crippen molar-refractivity contribution in [3.8, 4) is 0 Å². The zero-order valence-electron chi connectivity index (χ0n) is 9.75. The molecule has 1 fully saturated rings. The van der Waals surface area contributed by atoms with Crippen molar-refractivity contribution in [1.82, 2.24) is 6.15 Å². The van der Waals surface area contributed by atoms with E-state index in [9.17, 15) is 0 Å². The molecule has 0 atom stereocenters. The molecule has 0 amide bonds. The van der Waals surface area contributed by atoms with Crippen molar-refractivity contribution in [3.63, 3.8) is 0 Å². The molecule has 0 spiro atoms. The van der Waals surface area contributed by atoms with Crippen LogP contribution in [0, 0.1) is 0 Å². The van der Waals surface area contributed by atoms with E-state index in [2.05, 4.69) is 0 Å². The number of hydrogen-bond acceptors (Lipinski definition) is 4. The maximum absolute atomic E-state index is 5.22. The molecule has 88 valence electrons.